The van der Waals surface area contributed by atoms with Gasteiger partial charge in [0.1, 0.15) is 0 Å². The zero-order valence-electron chi connectivity index (χ0n) is 7.02. The number of nitrogens with zero attached hydrogens (tertiary/aromatic N) is 1. The first-order valence-electron chi connectivity index (χ1n) is 3.89. The number of fused-ring (bicyclic) bond motifs is 1. The Morgan fingerprint density at radius 3 is 2.93 bits per heavy atom. The van der Waals surface area contributed by atoms with Crippen LogP contribution in [0, 0.1) is 0 Å². The molecule has 2 rings (SSSR count). The Morgan fingerprint density at radius 1 is 1.43 bits per heavy atom. The molecular formula is C9H6N2O3. The third-order valence-electron chi connectivity index (χ3n) is 1.91. The molecule has 1 aromatic heterocycles. The first kappa shape index (κ1) is 8.43. The van der Waals surface area contributed by atoms with Crippen LogP contribution in [0.5, 0.6) is 0 Å². The third kappa shape index (κ3) is 1.24. The highest BCUT2D eigenvalue weighted by atomic mass is 16.4. The van der Waals surface area contributed by atoms with E-state index in [0.29, 0.717) is 10.8 Å². The van der Waals surface area contributed by atoms with Gasteiger partial charge in [-0.2, -0.15) is 5.10 Å². The molecule has 5 heteroatoms. The van der Waals surface area contributed by atoms with Crippen LogP contribution in [-0.2, 0) is 0 Å². The van der Waals surface area contributed by atoms with E-state index in [2.05, 4.69) is 10.2 Å². The quantitative estimate of drug-likeness (QED) is 0.690. The second-order valence-corrected chi connectivity index (χ2v) is 2.81. The highest BCUT2D eigenvalue weighted by molar-refractivity contribution is 5.93. The predicted octanol–water partition coefficient (Wildman–Crippen LogP) is 0.621. The van der Waals surface area contributed by atoms with Crippen LogP contribution >= 0.6 is 0 Å². The van der Waals surface area contributed by atoms with Gasteiger partial charge in [0.2, 0.25) is 0 Å². The SMILES string of the molecule is O=C(O)c1ccc2cn[nH]c(=O)c2c1. The maximum Gasteiger partial charge on any atom is 0.335 e. The first-order chi connectivity index (χ1) is 6.68. The second-order valence-electron chi connectivity index (χ2n) is 2.81. The molecule has 14 heavy (non-hydrogen) atoms. The molecular weight excluding hydrogens is 184 g/mol. The van der Waals surface area contributed by atoms with Crippen LogP contribution in [0.25, 0.3) is 10.8 Å². The van der Waals surface area contributed by atoms with Gasteiger partial charge in [0.15, 0.2) is 0 Å². The summed E-state index contributed by atoms with van der Waals surface area (Å²) in [5.41, 5.74) is -0.292. The maximum atomic E-state index is 11.2. The topological polar surface area (TPSA) is 83.0 Å². The fourth-order valence-electron chi connectivity index (χ4n) is 1.22. The van der Waals surface area contributed by atoms with Crippen molar-refractivity contribution in [3.05, 3.63) is 40.3 Å². The van der Waals surface area contributed by atoms with Crippen molar-refractivity contribution >= 4 is 16.7 Å². The van der Waals surface area contributed by atoms with Crippen molar-refractivity contribution in [2.75, 3.05) is 0 Å². The summed E-state index contributed by atoms with van der Waals surface area (Å²) in [5, 5.41) is 15.5. The minimum absolute atomic E-state index is 0.0919. The lowest BCUT2D eigenvalue weighted by Crippen LogP contribution is -2.08. The van der Waals surface area contributed by atoms with Crippen molar-refractivity contribution in [3.63, 3.8) is 0 Å². The van der Waals surface area contributed by atoms with Crippen molar-refractivity contribution in [2.45, 2.75) is 0 Å². The Hall–Kier alpha value is -2.17. The lowest BCUT2D eigenvalue weighted by Gasteiger charge is -1.97. The van der Waals surface area contributed by atoms with Gasteiger partial charge in [-0.3, -0.25) is 4.79 Å². The molecule has 0 saturated heterocycles. The van der Waals surface area contributed by atoms with E-state index in [1.807, 2.05) is 0 Å². The molecule has 0 bridgehead atoms. The zero-order chi connectivity index (χ0) is 10.1. The molecule has 1 heterocycles. The summed E-state index contributed by atoms with van der Waals surface area (Å²) in [5.74, 6) is -1.05. The molecule has 0 unspecified atom stereocenters. The number of aromatic carboxylic acids is 1. The Morgan fingerprint density at radius 2 is 2.21 bits per heavy atom. The summed E-state index contributed by atoms with van der Waals surface area (Å²) in [6.07, 6.45) is 1.47. The van der Waals surface area contributed by atoms with Crippen LogP contribution in [0.3, 0.4) is 0 Å². The Labute approximate surface area is 78.0 Å². The summed E-state index contributed by atoms with van der Waals surface area (Å²) in [7, 11) is 0. The van der Waals surface area contributed by atoms with Crippen molar-refractivity contribution in [1.82, 2.24) is 10.2 Å². The second kappa shape index (κ2) is 2.95. The summed E-state index contributed by atoms with van der Waals surface area (Å²) in [6, 6.07) is 4.32. The monoisotopic (exact) mass is 190 g/mol. The van der Waals surface area contributed by atoms with Crippen LogP contribution in [0.1, 0.15) is 10.4 Å². The molecule has 0 fully saturated rings. The molecule has 2 aromatic rings. The molecule has 1 aromatic carbocycles. The Kier molecular flexibility index (Phi) is 1.78. The van der Waals surface area contributed by atoms with Crippen molar-refractivity contribution < 1.29 is 9.90 Å². The molecule has 70 valence electrons. The van der Waals surface area contributed by atoms with Gasteiger partial charge in [-0.15, -0.1) is 0 Å². The van der Waals surface area contributed by atoms with Gasteiger partial charge >= 0.3 is 5.97 Å². The number of hydrogen-bond donors (Lipinski definition) is 2. The number of hydrogen-bond acceptors (Lipinski definition) is 3. The molecule has 5 nitrogen and oxygen atoms in total. The zero-order valence-corrected chi connectivity index (χ0v) is 7.02. The van der Waals surface area contributed by atoms with E-state index < -0.39 is 5.97 Å². The normalized spacial score (nSPS) is 10.3. The lowest BCUT2D eigenvalue weighted by molar-refractivity contribution is 0.0697. The van der Waals surface area contributed by atoms with E-state index in [-0.39, 0.29) is 11.1 Å². The van der Waals surface area contributed by atoms with E-state index in [0.717, 1.165) is 0 Å². The minimum Gasteiger partial charge on any atom is -0.478 e. The Bertz CT molecular complexity index is 559. The largest absolute Gasteiger partial charge is 0.478 e. The molecule has 0 radical (unpaired) electrons. The highest BCUT2D eigenvalue weighted by Gasteiger charge is 2.05. The number of H-pyrrole nitrogens is 1. The molecule has 0 amide bonds. The molecule has 0 aliphatic rings. The van der Waals surface area contributed by atoms with Gasteiger partial charge < -0.3 is 5.11 Å². The number of carbonyl (C=O) groups is 1. The smallest absolute Gasteiger partial charge is 0.335 e. The number of aromatic nitrogens is 2. The molecule has 0 spiro atoms. The van der Waals surface area contributed by atoms with Crippen molar-refractivity contribution in [2.24, 2.45) is 0 Å². The standard InChI is InChI=1S/C9H6N2O3/c12-8-7-3-5(9(13)14)1-2-6(7)4-10-11-8/h1-4H,(H,11,12)(H,13,14). The fraction of sp³-hybridized carbons (Fsp3) is 0. The van der Waals surface area contributed by atoms with Gasteiger partial charge in [0.25, 0.3) is 5.56 Å². The van der Waals surface area contributed by atoms with Crippen molar-refractivity contribution in [3.8, 4) is 0 Å². The first-order valence-corrected chi connectivity index (χ1v) is 3.89. The van der Waals surface area contributed by atoms with Crippen molar-refractivity contribution in [1.29, 1.82) is 0 Å². The predicted molar refractivity (Wildman–Crippen MR) is 49.3 cm³/mol. The number of nitrogens with one attached hydrogen (secondary N) is 1. The lowest BCUT2D eigenvalue weighted by atomic mass is 10.1. The van der Waals surface area contributed by atoms with E-state index >= 15 is 0 Å². The van der Waals surface area contributed by atoms with Crippen LogP contribution in [0.4, 0.5) is 0 Å². The van der Waals surface area contributed by atoms with E-state index in [9.17, 15) is 9.59 Å². The summed E-state index contributed by atoms with van der Waals surface area (Å²) < 4.78 is 0. The number of aromatic amines is 1. The number of carboxylic acids is 1. The molecule has 0 saturated carbocycles. The highest BCUT2D eigenvalue weighted by Crippen LogP contribution is 2.10. The fourth-order valence-corrected chi connectivity index (χ4v) is 1.22. The minimum atomic E-state index is -1.05. The van der Waals surface area contributed by atoms with Gasteiger partial charge in [-0.25, -0.2) is 9.89 Å². The average molecular weight is 190 g/mol. The van der Waals surface area contributed by atoms with Gasteiger partial charge in [0.05, 0.1) is 17.1 Å². The van der Waals surface area contributed by atoms with E-state index in [4.69, 9.17) is 5.11 Å². The molecule has 0 aliphatic heterocycles. The maximum absolute atomic E-state index is 11.2. The average Bonchev–Trinajstić information content (AvgIpc) is 2.18. The van der Waals surface area contributed by atoms with E-state index in [1.165, 1.54) is 18.3 Å². The van der Waals surface area contributed by atoms with Gasteiger partial charge in [-0.1, -0.05) is 6.07 Å². The number of carboxylic acid groups (broad SMARTS) is 1. The molecule has 0 aliphatic carbocycles. The molecule has 2 N–H and O–H groups in total. The van der Waals surface area contributed by atoms with Crippen LogP contribution < -0.4 is 5.56 Å². The van der Waals surface area contributed by atoms with E-state index in [1.54, 1.807) is 6.07 Å². The van der Waals surface area contributed by atoms with Gasteiger partial charge in [-0.05, 0) is 12.1 Å². The third-order valence-corrected chi connectivity index (χ3v) is 1.91. The van der Waals surface area contributed by atoms with Gasteiger partial charge in [0, 0.05) is 5.39 Å². The van der Waals surface area contributed by atoms with Crippen LogP contribution in [0.2, 0.25) is 0 Å². The summed E-state index contributed by atoms with van der Waals surface area (Å²) in [4.78, 5) is 21.9. The summed E-state index contributed by atoms with van der Waals surface area (Å²) in [6.45, 7) is 0. The number of benzene rings is 1. The Balaban J connectivity index is 2.83. The summed E-state index contributed by atoms with van der Waals surface area (Å²) >= 11 is 0. The number of rotatable bonds is 1. The van der Waals surface area contributed by atoms with Crippen LogP contribution in [0.15, 0.2) is 29.2 Å². The molecule has 0 atom stereocenters. The van der Waals surface area contributed by atoms with Crippen LogP contribution in [-0.4, -0.2) is 21.3 Å².